The van der Waals surface area contributed by atoms with Crippen molar-refractivity contribution < 1.29 is 4.39 Å². The van der Waals surface area contributed by atoms with E-state index >= 15 is 0 Å². The molecular formula is C24H19FN4O2S2. The van der Waals surface area contributed by atoms with E-state index in [9.17, 15) is 14.0 Å². The molecule has 0 aliphatic heterocycles. The molecule has 0 fully saturated rings. The van der Waals surface area contributed by atoms with Gasteiger partial charge in [-0.3, -0.25) is 14.2 Å². The molecule has 0 bridgehead atoms. The molecule has 0 saturated heterocycles. The number of rotatable bonds is 6. The van der Waals surface area contributed by atoms with Gasteiger partial charge in [-0.1, -0.05) is 43.0 Å². The highest BCUT2D eigenvalue weighted by molar-refractivity contribution is 7.98. The highest BCUT2D eigenvalue weighted by Crippen LogP contribution is 2.31. The van der Waals surface area contributed by atoms with E-state index in [0.717, 1.165) is 17.5 Å². The Hall–Kier alpha value is -3.30. The molecule has 166 valence electrons. The van der Waals surface area contributed by atoms with Crippen molar-refractivity contribution in [1.29, 1.82) is 0 Å². The summed E-state index contributed by atoms with van der Waals surface area (Å²) in [6.45, 7) is 2.58. The van der Waals surface area contributed by atoms with Crippen LogP contribution in [0, 0.1) is 5.82 Å². The van der Waals surface area contributed by atoms with Gasteiger partial charge < -0.3 is 4.98 Å². The lowest BCUT2D eigenvalue weighted by Gasteiger charge is -2.12. The largest absolute Gasteiger partial charge is 0.309 e. The molecule has 3 heterocycles. The second-order valence-corrected chi connectivity index (χ2v) is 9.31. The molecule has 6 nitrogen and oxygen atoms in total. The van der Waals surface area contributed by atoms with Crippen LogP contribution in [0.25, 0.3) is 32.2 Å². The summed E-state index contributed by atoms with van der Waals surface area (Å²) in [4.78, 5) is 38.6. The maximum atomic E-state index is 13.3. The van der Waals surface area contributed by atoms with E-state index in [1.807, 2.05) is 30.5 Å². The quantitative estimate of drug-likeness (QED) is 0.268. The predicted molar refractivity (Wildman–Crippen MR) is 131 cm³/mol. The summed E-state index contributed by atoms with van der Waals surface area (Å²) in [5.74, 6) is 0.549. The van der Waals surface area contributed by atoms with E-state index in [-0.39, 0.29) is 16.9 Å². The van der Waals surface area contributed by atoms with Crippen LogP contribution in [-0.4, -0.2) is 19.5 Å². The number of para-hydroxylation sites is 1. The fourth-order valence-corrected chi connectivity index (χ4v) is 5.58. The first kappa shape index (κ1) is 21.5. The molecule has 0 aliphatic rings. The number of aromatic amines is 1. The molecule has 5 aromatic rings. The maximum Gasteiger partial charge on any atom is 0.262 e. The van der Waals surface area contributed by atoms with Gasteiger partial charge in [0.2, 0.25) is 0 Å². The van der Waals surface area contributed by atoms with Gasteiger partial charge in [0.15, 0.2) is 5.16 Å². The molecule has 0 saturated carbocycles. The van der Waals surface area contributed by atoms with Gasteiger partial charge in [0.1, 0.15) is 16.5 Å². The summed E-state index contributed by atoms with van der Waals surface area (Å²) in [7, 11) is 0. The Kier molecular flexibility index (Phi) is 5.82. The van der Waals surface area contributed by atoms with Crippen molar-refractivity contribution in [2.75, 3.05) is 0 Å². The number of nitrogens with one attached hydrogen (secondary N) is 1. The van der Waals surface area contributed by atoms with E-state index in [1.165, 1.54) is 35.2 Å². The number of benzene rings is 2. The smallest absolute Gasteiger partial charge is 0.262 e. The lowest BCUT2D eigenvalue weighted by molar-refractivity contribution is 0.584. The zero-order valence-electron chi connectivity index (χ0n) is 17.7. The van der Waals surface area contributed by atoms with Crippen molar-refractivity contribution in [2.24, 2.45) is 0 Å². The van der Waals surface area contributed by atoms with Crippen LogP contribution in [0.1, 0.15) is 19.2 Å². The van der Waals surface area contributed by atoms with Gasteiger partial charge in [0.05, 0.1) is 22.0 Å². The van der Waals surface area contributed by atoms with E-state index in [2.05, 4.69) is 15.0 Å². The van der Waals surface area contributed by atoms with E-state index < -0.39 is 0 Å². The first-order valence-electron chi connectivity index (χ1n) is 10.4. The Morgan fingerprint density at radius 2 is 1.88 bits per heavy atom. The lowest BCUT2D eigenvalue weighted by atomic mass is 10.1. The van der Waals surface area contributed by atoms with E-state index in [0.29, 0.717) is 44.4 Å². The van der Waals surface area contributed by atoms with Crippen LogP contribution in [0.4, 0.5) is 4.39 Å². The van der Waals surface area contributed by atoms with Gasteiger partial charge in [-0.05, 0) is 36.2 Å². The Morgan fingerprint density at radius 3 is 2.67 bits per heavy atom. The molecule has 33 heavy (non-hydrogen) atoms. The molecule has 1 N–H and O–H groups in total. The minimum Gasteiger partial charge on any atom is -0.309 e. The van der Waals surface area contributed by atoms with Crippen LogP contribution < -0.4 is 11.1 Å². The fraction of sp³-hybridized carbons (Fsp3) is 0.167. The summed E-state index contributed by atoms with van der Waals surface area (Å²) in [6.07, 6.45) is 0.801. The van der Waals surface area contributed by atoms with Crippen molar-refractivity contribution in [2.45, 2.75) is 30.8 Å². The lowest BCUT2D eigenvalue weighted by Crippen LogP contribution is -2.23. The van der Waals surface area contributed by atoms with Crippen LogP contribution in [0.2, 0.25) is 0 Å². The zero-order valence-corrected chi connectivity index (χ0v) is 19.3. The summed E-state index contributed by atoms with van der Waals surface area (Å²) in [5.41, 5.74) is 1.84. The van der Waals surface area contributed by atoms with Gasteiger partial charge in [0, 0.05) is 17.5 Å². The highest BCUT2D eigenvalue weighted by atomic mass is 32.2. The number of thioether (sulfide) groups is 1. The number of hydrogen-bond acceptors (Lipinski definition) is 6. The van der Waals surface area contributed by atoms with Gasteiger partial charge in [0.25, 0.3) is 11.1 Å². The van der Waals surface area contributed by atoms with Crippen LogP contribution in [0.15, 0.2) is 68.7 Å². The Balaban J connectivity index is 1.49. The van der Waals surface area contributed by atoms with Crippen molar-refractivity contribution in [3.8, 4) is 11.1 Å². The molecule has 0 atom stereocenters. The Labute approximate surface area is 196 Å². The van der Waals surface area contributed by atoms with Gasteiger partial charge in [-0.2, -0.15) is 0 Å². The Bertz CT molecular complexity index is 1590. The second kappa shape index (κ2) is 8.92. The van der Waals surface area contributed by atoms with Crippen LogP contribution in [-0.2, 0) is 12.3 Å². The van der Waals surface area contributed by atoms with Gasteiger partial charge in [-0.25, -0.2) is 14.4 Å². The van der Waals surface area contributed by atoms with Gasteiger partial charge in [-0.15, -0.1) is 11.3 Å². The number of aromatic nitrogens is 4. The molecule has 0 radical (unpaired) electrons. The molecule has 2 aromatic carbocycles. The molecule has 0 aliphatic carbocycles. The molecule has 5 rings (SSSR count). The van der Waals surface area contributed by atoms with Crippen LogP contribution in [0.3, 0.4) is 0 Å². The first-order chi connectivity index (χ1) is 16.0. The average molecular weight is 479 g/mol. The standard InChI is InChI=1S/C24H19FN4O2S2/c1-2-11-29-23(31)16-5-3-4-6-18(16)26-24(29)33-13-19-27-21(30)20-17(12-32-22(20)28-19)14-7-9-15(25)10-8-14/h3-10,12H,2,11,13H2,1H3,(H,27,28,30). The number of hydrogen-bond donors (Lipinski definition) is 1. The zero-order chi connectivity index (χ0) is 22.9. The number of thiophene rings is 1. The highest BCUT2D eigenvalue weighted by Gasteiger charge is 2.15. The first-order valence-corrected chi connectivity index (χ1v) is 12.3. The summed E-state index contributed by atoms with van der Waals surface area (Å²) >= 11 is 2.75. The van der Waals surface area contributed by atoms with Crippen molar-refractivity contribution in [3.05, 3.63) is 86.3 Å². The SMILES string of the molecule is CCCn1c(SCc2nc3scc(-c4ccc(F)cc4)c3c(=O)[nH]2)nc2ccccc2c1=O. The summed E-state index contributed by atoms with van der Waals surface area (Å²) < 4.78 is 15.0. The third-order valence-electron chi connectivity index (χ3n) is 5.26. The summed E-state index contributed by atoms with van der Waals surface area (Å²) in [5, 5.41) is 3.55. The number of nitrogens with zero attached hydrogens (tertiary/aromatic N) is 3. The topological polar surface area (TPSA) is 80.6 Å². The monoisotopic (exact) mass is 478 g/mol. The van der Waals surface area contributed by atoms with Crippen molar-refractivity contribution in [1.82, 2.24) is 19.5 Å². The van der Waals surface area contributed by atoms with E-state index in [4.69, 9.17) is 0 Å². The number of H-pyrrole nitrogens is 1. The third-order valence-corrected chi connectivity index (χ3v) is 7.12. The predicted octanol–water partition coefficient (Wildman–Crippen LogP) is 5.20. The fourth-order valence-electron chi connectivity index (χ4n) is 3.72. The van der Waals surface area contributed by atoms with E-state index in [1.54, 1.807) is 22.8 Å². The average Bonchev–Trinajstić information content (AvgIpc) is 3.25. The minimum absolute atomic E-state index is 0.0657. The second-order valence-electron chi connectivity index (χ2n) is 7.51. The summed E-state index contributed by atoms with van der Waals surface area (Å²) in [6, 6.07) is 13.3. The molecule has 0 amide bonds. The molecule has 3 aromatic heterocycles. The van der Waals surface area contributed by atoms with Crippen LogP contribution in [0.5, 0.6) is 0 Å². The van der Waals surface area contributed by atoms with Gasteiger partial charge >= 0.3 is 0 Å². The molecule has 9 heteroatoms. The van der Waals surface area contributed by atoms with Crippen molar-refractivity contribution in [3.63, 3.8) is 0 Å². The normalized spacial score (nSPS) is 11.5. The number of halogens is 1. The molecule has 0 spiro atoms. The minimum atomic E-state index is -0.325. The molecule has 0 unspecified atom stereocenters. The Morgan fingerprint density at radius 1 is 1.09 bits per heavy atom. The van der Waals surface area contributed by atoms with Crippen LogP contribution >= 0.6 is 23.1 Å². The maximum absolute atomic E-state index is 13.3. The number of fused-ring (bicyclic) bond motifs is 2. The molecular weight excluding hydrogens is 459 g/mol. The third kappa shape index (κ3) is 4.09. The van der Waals surface area contributed by atoms with Crippen molar-refractivity contribution >= 4 is 44.2 Å².